The van der Waals surface area contributed by atoms with Crippen LogP contribution in [0.1, 0.15) is 44.6 Å². The highest BCUT2D eigenvalue weighted by Gasteiger charge is 2.46. The molecule has 0 saturated heterocycles. The quantitative estimate of drug-likeness (QED) is 0.865. The average Bonchev–Trinajstić information content (AvgIpc) is 3.12. The number of rotatable bonds is 4. The van der Waals surface area contributed by atoms with E-state index in [1.807, 2.05) is 18.2 Å². The normalized spacial score (nSPS) is 22.9. The summed E-state index contributed by atoms with van der Waals surface area (Å²) < 4.78 is 0. The van der Waals surface area contributed by atoms with Crippen molar-refractivity contribution in [3.8, 4) is 0 Å². The summed E-state index contributed by atoms with van der Waals surface area (Å²) in [5, 5.41) is 3.24. The fourth-order valence-electron chi connectivity index (χ4n) is 2.99. The molecule has 2 aliphatic carbocycles. The summed E-state index contributed by atoms with van der Waals surface area (Å²) in [4.78, 5) is 12.6. The molecule has 96 valence electrons. The Morgan fingerprint density at radius 1 is 1.28 bits per heavy atom. The number of amides is 1. The number of benzene rings is 1. The summed E-state index contributed by atoms with van der Waals surface area (Å²) in [7, 11) is 0. The molecule has 18 heavy (non-hydrogen) atoms. The molecule has 1 aromatic rings. The molecule has 1 atom stereocenters. The first-order valence-corrected chi connectivity index (χ1v) is 7.09. The van der Waals surface area contributed by atoms with Crippen LogP contribution in [0.4, 0.5) is 0 Å². The highest BCUT2D eigenvalue weighted by Crippen LogP contribution is 2.44. The van der Waals surface area contributed by atoms with Crippen molar-refractivity contribution in [1.82, 2.24) is 5.32 Å². The Kier molecular flexibility index (Phi) is 2.89. The van der Waals surface area contributed by atoms with Crippen molar-refractivity contribution in [1.29, 1.82) is 0 Å². The molecule has 3 rings (SSSR count). The summed E-state index contributed by atoms with van der Waals surface area (Å²) in [5.74, 6) is 0.973. The Bertz CT molecular complexity index is 432. The maximum absolute atomic E-state index is 12.6. The molecule has 0 bridgehead atoms. The van der Waals surface area contributed by atoms with Crippen LogP contribution in [0.15, 0.2) is 30.3 Å². The van der Waals surface area contributed by atoms with Gasteiger partial charge in [0.05, 0.1) is 5.41 Å². The van der Waals surface area contributed by atoms with Crippen LogP contribution in [-0.2, 0) is 10.2 Å². The summed E-state index contributed by atoms with van der Waals surface area (Å²) in [5.41, 5.74) is 0.960. The first-order valence-electron chi connectivity index (χ1n) is 7.09. The molecular weight excluding hydrogens is 222 g/mol. The molecule has 0 heterocycles. The van der Waals surface area contributed by atoms with Gasteiger partial charge in [0.25, 0.3) is 0 Å². The van der Waals surface area contributed by atoms with E-state index in [0.29, 0.717) is 6.04 Å². The molecule has 0 radical (unpaired) electrons. The minimum atomic E-state index is -0.232. The van der Waals surface area contributed by atoms with Gasteiger partial charge in [-0.05, 0) is 44.1 Å². The Morgan fingerprint density at radius 3 is 2.44 bits per heavy atom. The first-order chi connectivity index (χ1) is 8.72. The molecule has 1 aromatic carbocycles. The lowest BCUT2D eigenvalue weighted by Crippen LogP contribution is -2.51. The maximum Gasteiger partial charge on any atom is 0.230 e. The molecule has 1 amide bonds. The number of carbonyl (C=O) groups excluding carboxylic acids is 1. The molecule has 2 nitrogen and oxygen atoms in total. The molecule has 2 aliphatic rings. The SMILES string of the molecule is CC(NC(=O)C1(c2ccccc2)CCC1)C1CC1. The lowest BCUT2D eigenvalue weighted by Gasteiger charge is -2.41. The van der Waals surface area contributed by atoms with Gasteiger partial charge in [-0.2, -0.15) is 0 Å². The van der Waals surface area contributed by atoms with Gasteiger partial charge >= 0.3 is 0 Å². The minimum absolute atomic E-state index is 0.232. The van der Waals surface area contributed by atoms with Crippen LogP contribution in [0, 0.1) is 5.92 Å². The van der Waals surface area contributed by atoms with Gasteiger partial charge in [-0.1, -0.05) is 36.8 Å². The van der Waals surface area contributed by atoms with Gasteiger partial charge in [-0.15, -0.1) is 0 Å². The zero-order valence-electron chi connectivity index (χ0n) is 11.0. The van der Waals surface area contributed by atoms with E-state index in [4.69, 9.17) is 0 Å². The third kappa shape index (κ3) is 1.94. The highest BCUT2D eigenvalue weighted by atomic mass is 16.2. The maximum atomic E-state index is 12.6. The van der Waals surface area contributed by atoms with E-state index in [0.717, 1.165) is 18.8 Å². The van der Waals surface area contributed by atoms with Crippen molar-refractivity contribution in [2.75, 3.05) is 0 Å². The van der Waals surface area contributed by atoms with Crippen molar-refractivity contribution in [2.45, 2.75) is 50.5 Å². The van der Waals surface area contributed by atoms with Crippen LogP contribution >= 0.6 is 0 Å². The van der Waals surface area contributed by atoms with Gasteiger partial charge < -0.3 is 5.32 Å². The standard InChI is InChI=1S/C16H21NO/c1-12(13-8-9-13)17-15(18)16(10-5-11-16)14-6-3-2-4-7-14/h2-4,6-7,12-13H,5,8-11H2,1H3,(H,17,18). The molecule has 0 spiro atoms. The minimum Gasteiger partial charge on any atom is -0.353 e. The molecule has 2 heteroatoms. The number of carbonyl (C=O) groups is 1. The van der Waals surface area contributed by atoms with Gasteiger partial charge in [0.2, 0.25) is 5.91 Å². The van der Waals surface area contributed by atoms with Gasteiger partial charge in [0.1, 0.15) is 0 Å². The Morgan fingerprint density at radius 2 is 1.94 bits per heavy atom. The Hall–Kier alpha value is -1.31. The van der Waals surface area contributed by atoms with E-state index < -0.39 is 0 Å². The van der Waals surface area contributed by atoms with Crippen LogP contribution in [-0.4, -0.2) is 11.9 Å². The van der Waals surface area contributed by atoms with E-state index in [1.54, 1.807) is 0 Å². The third-order valence-electron chi connectivity index (χ3n) is 4.66. The Labute approximate surface area is 109 Å². The largest absolute Gasteiger partial charge is 0.353 e. The van der Waals surface area contributed by atoms with Gasteiger partial charge in [0.15, 0.2) is 0 Å². The lowest BCUT2D eigenvalue weighted by molar-refractivity contribution is -0.130. The van der Waals surface area contributed by atoms with E-state index in [-0.39, 0.29) is 11.3 Å². The predicted molar refractivity (Wildman–Crippen MR) is 72.3 cm³/mol. The first kappa shape index (κ1) is 11.8. The van der Waals surface area contributed by atoms with Crippen LogP contribution in [0.5, 0.6) is 0 Å². The molecule has 1 N–H and O–H groups in total. The molecule has 0 aromatic heterocycles. The van der Waals surface area contributed by atoms with Crippen LogP contribution in [0.2, 0.25) is 0 Å². The summed E-state index contributed by atoms with van der Waals surface area (Å²) in [6.45, 7) is 2.15. The van der Waals surface area contributed by atoms with Crippen LogP contribution in [0.3, 0.4) is 0 Å². The molecule has 2 saturated carbocycles. The van der Waals surface area contributed by atoms with Crippen molar-refractivity contribution in [3.05, 3.63) is 35.9 Å². The zero-order valence-corrected chi connectivity index (χ0v) is 11.0. The lowest BCUT2D eigenvalue weighted by atomic mass is 9.63. The van der Waals surface area contributed by atoms with Crippen molar-refractivity contribution >= 4 is 5.91 Å². The van der Waals surface area contributed by atoms with Gasteiger partial charge in [-0.25, -0.2) is 0 Å². The molecule has 2 fully saturated rings. The fraction of sp³-hybridized carbons (Fsp3) is 0.562. The third-order valence-corrected chi connectivity index (χ3v) is 4.66. The second-order valence-electron chi connectivity index (χ2n) is 5.90. The van der Waals surface area contributed by atoms with E-state index in [9.17, 15) is 4.79 Å². The van der Waals surface area contributed by atoms with Gasteiger partial charge in [-0.3, -0.25) is 4.79 Å². The van der Waals surface area contributed by atoms with E-state index in [1.165, 1.54) is 24.8 Å². The zero-order chi connectivity index (χ0) is 12.6. The second-order valence-corrected chi connectivity index (χ2v) is 5.90. The van der Waals surface area contributed by atoms with Gasteiger partial charge in [0, 0.05) is 6.04 Å². The second kappa shape index (κ2) is 4.42. The molecule has 1 unspecified atom stereocenters. The van der Waals surface area contributed by atoms with Crippen molar-refractivity contribution in [2.24, 2.45) is 5.92 Å². The number of hydrogen-bond acceptors (Lipinski definition) is 1. The average molecular weight is 243 g/mol. The Balaban J connectivity index is 1.76. The summed E-state index contributed by atoms with van der Waals surface area (Å²) in [6.07, 6.45) is 5.72. The number of nitrogens with one attached hydrogen (secondary N) is 1. The van der Waals surface area contributed by atoms with Crippen molar-refractivity contribution in [3.63, 3.8) is 0 Å². The van der Waals surface area contributed by atoms with E-state index >= 15 is 0 Å². The van der Waals surface area contributed by atoms with Crippen molar-refractivity contribution < 1.29 is 4.79 Å². The monoisotopic (exact) mass is 243 g/mol. The fourth-order valence-corrected chi connectivity index (χ4v) is 2.99. The molecular formula is C16H21NO. The smallest absolute Gasteiger partial charge is 0.230 e. The summed E-state index contributed by atoms with van der Waals surface area (Å²) >= 11 is 0. The highest BCUT2D eigenvalue weighted by molar-refractivity contribution is 5.89. The van der Waals surface area contributed by atoms with E-state index in [2.05, 4.69) is 24.4 Å². The topological polar surface area (TPSA) is 29.1 Å². The predicted octanol–water partition coefficient (Wildman–Crippen LogP) is 3.02. The number of hydrogen-bond donors (Lipinski definition) is 1. The molecule has 0 aliphatic heterocycles. The van der Waals surface area contributed by atoms with Crippen LogP contribution < -0.4 is 5.32 Å². The van der Waals surface area contributed by atoms with Crippen LogP contribution in [0.25, 0.3) is 0 Å². The summed E-state index contributed by atoms with van der Waals surface area (Å²) in [6, 6.07) is 10.6.